The average Bonchev–Trinajstić information content (AvgIpc) is 2.99. The maximum atomic E-state index is 13.2. The monoisotopic (exact) mass is 283 g/mol. The van der Waals surface area contributed by atoms with Crippen molar-refractivity contribution in [3.63, 3.8) is 0 Å². The van der Waals surface area contributed by atoms with Crippen LogP contribution in [0.4, 0.5) is 4.39 Å². The van der Waals surface area contributed by atoms with Gasteiger partial charge in [-0.1, -0.05) is 47.6 Å². The Morgan fingerprint density at radius 3 is 2.62 bits per heavy atom. The molecule has 106 valence electrons. The minimum atomic E-state index is -0.336. The molecule has 0 saturated carbocycles. The zero-order chi connectivity index (χ0) is 14.7. The smallest absolute Gasteiger partial charge is 0.235 e. The third kappa shape index (κ3) is 2.83. The lowest BCUT2D eigenvalue weighted by Crippen LogP contribution is -2.14. The maximum absolute atomic E-state index is 13.2. The van der Waals surface area contributed by atoms with Crippen molar-refractivity contribution in [1.82, 2.24) is 10.1 Å². The number of aromatic nitrogens is 2. The first kappa shape index (κ1) is 13.5. The highest BCUT2D eigenvalue weighted by atomic mass is 19.1. The van der Waals surface area contributed by atoms with Gasteiger partial charge in [-0.3, -0.25) is 0 Å². The summed E-state index contributed by atoms with van der Waals surface area (Å²) in [5.41, 5.74) is 7.41. The second kappa shape index (κ2) is 5.85. The summed E-state index contributed by atoms with van der Waals surface area (Å²) in [7, 11) is 0. The molecule has 0 amide bonds. The zero-order valence-electron chi connectivity index (χ0n) is 11.2. The molecule has 1 unspecified atom stereocenters. The van der Waals surface area contributed by atoms with Crippen LogP contribution < -0.4 is 5.73 Å². The summed E-state index contributed by atoms with van der Waals surface area (Å²) in [5, 5.41) is 3.91. The van der Waals surface area contributed by atoms with E-state index in [0.29, 0.717) is 23.8 Å². The van der Waals surface area contributed by atoms with Crippen molar-refractivity contribution in [1.29, 1.82) is 0 Å². The fourth-order valence-corrected chi connectivity index (χ4v) is 2.19. The van der Waals surface area contributed by atoms with Gasteiger partial charge in [0.25, 0.3) is 0 Å². The third-order valence-corrected chi connectivity index (χ3v) is 3.26. The number of nitrogens with zero attached hydrogens (tertiary/aromatic N) is 2. The summed E-state index contributed by atoms with van der Waals surface area (Å²) >= 11 is 0. The van der Waals surface area contributed by atoms with E-state index in [-0.39, 0.29) is 11.7 Å². The highest BCUT2D eigenvalue weighted by Crippen LogP contribution is 2.24. The van der Waals surface area contributed by atoms with E-state index in [4.69, 9.17) is 10.3 Å². The van der Waals surface area contributed by atoms with Crippen LogP contribution >= 0.6 is 0 Å². The molecule has 0 aliphatic rings. The first-order valence-electron chi connectivity index (χ1n) is 6.62. The minimum Gasteiger partial charge on any atom is -0.338 e. The predicted molar refractivity (Wildman–Crippen MR) is 77.0 cm³/mol. The van der Waals surface area contributed by atoms with Gasteiger partial charge in [0.2, 0.25) is 11.7 Å². The summed E-state index contributed by atoms with van der Waals surface area (Å²) in [6.07, 6.45) is 0. The van der Waals surface area contributed by atoms with Crippen molar-refractivity contribution in [3.05, 3.63) is 71.9 Å². The Morgan fingerprint density at radius 1 is 1.10 bits per heavy atom. The van der Waals surface area contributed by atoms with Crippen molar-refractivity contribution >= 4 is 0 Å². The topological polar surface area (TPSA) is 64.9 Å². The van der Waals surface area contributed by atoms with Gasteiger partial charge >= 0.3 is 0 Å². The van der Waals surface area contributed by atoms with Gasteiger partial charge in [0.1, 0.15) is 5.82 Å². The molecule has 2 aromatic carbocycles. The molecule has 1 aromatic heterocycles. The highest BCUT2D eigenvalue weighted by molar-refractivity contribution is 5.54. The predicted octanol–water partition coefficient (Wildman–Crippen LogP) is 2.97. The van der Waals surface area contributed by atoms with E-state index in [0.717, 1.165) is 5.56 Å². The van der Waals surface area contributed by atoms with Gasteiger partial charge in [-0.2, -0.15) is 4.98 Å². The SMILES string of the molecule is NCC(c1ccccc1)c1nc(-c2cccc(F)c2)no1. The molecule has 0 fully saturated rings. The molecule has 0 spiro atoms. The molecule has 0 radical (unpaired) electrons. The molecule has 5 heteroatoms. The molecule has 3 aromatic rings. The summed E-state index contributed by atoms with van der Waals surface area (Å²) in [4.78, 5) is 4.34. The normalized spacial score (nSPS) is 12.3. The Hall–Kier alpha value is -2.53. The van der Waals surface area contributed by atoms with Gasteiger partial charge in [0, 0.05) is 12.1 Å². The van der Waals surface area contributed by atoms with Crippen LogP contribution in [0.3, 0.4) is 0 Å². The molecule has 1 atom stereocenters. The molecule has 2 N–H and O–H groups in total. The van der Waals surface area contributed by atoms with Crippen LogP contribution in [0.25, 0.3) is 11.4 Å². The van der Waals surface area contributed by atoms with Crippen molar-refractivity contribution in [2.75, 3.05) is 6.54 Å². The molecular weight excluding hydrogens is 269 g/mol. The summed E-state index contributed by atoms with van der Waals surface area (Å²) in [5.74, 6) is 0.292. The number of hydrogen-bond acceptors (Lipinski definition) is 4. The first-order valence-corrected chi connectivity index (χ1v) is 6.62. The van der Waals surface area contributed by atoms with Gasteiger partial charge < -0.3 is 10.3 Å². The summed E-state index contributed by atoms with van der Waals surface area (Å²) in [6, 6.07) is 15.8. The second-order valence-corrected chi connectivity index (χ2v) is 4.67. The van der Waals surface area contributed by atoms with Gasteiger partial charge in [-0.05, 0) is 17.7 Å². The number of hydrogen-bond donors (Lipinski definition) is 1. The molecule has 3 rings (SSSR count). The maximum Gasteiger partial charge on any atom is 0.235 e. The first-order chi connectivity index (χ1) is 10.3. The van der Waals surface area contributed by atoms with Gasteiger partial charge in [-0.25, -0.2) is 4.39 Å². The molecule has 0 bridgehead atoms. The Labute approximate surface area is 121 Å². The largest absolute Gasteiger partial charge is 0.338 e. The second-order valence-electron chi connectivity index (χ2n) is 4.67. The van der Waals surface area contributed by atoms with Crippen molar-refractivity contribution in [2.24, 2.45) is 5.73 Å². The van der Waals surface area contributed by atoms with E-state index in [9.17, 15) is 4.39 Å². The summed E-state index contributed by atoms with van der Waals surface area (Å²) < 4.78 is 18.5. The number of benzene rings is 2. The number of halogens is 1. The van der Waals surface area contributed by atoms with E-state index >= 15 is 0 Å². The molecule has 0 aliphatic carbocycles. The van der Waals surface area contributed by atoms with Crippen LogP contribution in [0.5, 0.6) is 0 Å². The van der Waals surface area contributed by atoms with Crippen LogP contribution in [-0.4, -0.2) is 16.7 Å². The Bertz CT molecular complexity index is 727. The zero-order valence-corrected chi connectivity index (χ0v) is 11.2. The standard InChI is InChI=1S/C16H14FN3O/c17-13-8-4-7-12(9-13)15-19-16(21-20-15)14(10-18)11-5-2-1-3-6-11/h1-9,14H,10,18H2. The van der Waals surface area contributed by atoms with Crippen molar-refractivity contribution < 1.29 is 8.91 Å². The van der Waals surface area contributed by atoms with Crippen LogP contribution in [0.1, 0.15) is 17.4 Å². The van der Waals surface area contributed by atoms with Crippen LogP contribution in [0.2, 0.25) is 0 Å². The molecule has 4 nitrogen and oxygen atoms in total. The van der Waals surface area contributed by atoms with Crippen molar-refractivity contribution in [3.8, 4) is 11.4 Å². The quantitative estimate of drug-likeness (QED) is 0.799. The molecule has 0 saturated heterocycles. The Morgan fingerprint density at radius 2 is 1.90 bits per heavy atom. The molecule has 1 heterocycles. The lowest BCUT2D eigenvalue weighted by atomic mass is 9.99. The summed E-state index contributed by atoms with van der Waals surface area (Å²) in [6.45, 7) is 0.356. The van der Waals surface area contributed by atoms with Crippen LogP contribution in [0, 0.1) is 5.82 Å². The lowest BCUT2D eigenvalue weighted by molar-refractivity contribution is 0.367. The fraction of sp³-hybridized carbons (Fsp3) is 0.125. The highest BCUT2D eigenvalue weighted by Gasteiger charge is 2.20. The molecule has 21 heavy (non-hydrogen) atoms. The average molecular weight is 283 g/mol. The van der Waals surface area contributed by atoms with Crippen molar-refractivity contribution in [2.45, 2.75) is 5.92 Å². The number of rotatable bonds is 4. The van der Waals surface area contributed by atoms with Gasteiger partial charge in [0.05, 0.1) is 5.92 Å². The fourth-order valence-electron chi connectivity index (χ4n) is 2.19. The number of nitrogens with two attached hydrogens (primary N) is 1. The van der Waals surface area contributed by atoms with Crippen LogP contribution in [0.15, 0.2) is 59.1 Å². The van der Waals surface area contributed by atoms with Crippen LogP contribution in [-0.2, 0) is 0 Å². The minimum absolute atomic E-state index is 0.166. The van der Waals surface area contributed by atoms with E-state index in [2.05, 4.69) is 10.1 Å². The molecule has 0 aliphatic heterocycles. The van der Waals surface area contributed by atoms with E-state index in [1.807, 2.05) is 30.3 Å². The van der Waals surface area contributed by atoms with Gasteiger partial charge in [-0.15, -0.1) is 0 Å². The third-order valence-electron chi connectivity index (χ3n) is 3.26. The lowest BCUT2D eigenvalue weighted by Gasteiger charge is -2.09. The van der Waals surface area contributed by atoms with E-state index < -0.39 is 0 Å². The van der Waals surface area contributed by atoms with E-state index in [1.54, 1.807) is 12.1 Å². The van der Waals surface area contributed by atoms with Gasteiger partial charge in [0.15, 0.2) is 0 Å². The van der Waals surface area contributed by atoms with E-state index in [1.165, 1.54) is 12.1 Å². The molecular formula is C16H14FN3O. The Balaban J connectivity index is 1.94. The Kier molecular flexibility index (Phi) is 3.75.